The van der Waals surface area contributed by atoms with Gasteiger partial charge in [-0.15, -0.1) is 0 Å². The molecule has 21 heavy (non-hydrogen) atoms. The number of carboxylic acid groups (broad SMARTS) is 1. The smallest absolute Gasteiger partial charge is 0.320 e. The van der Waals surface area contributed by atoms with Crippen LogP contribution in [0.1, 0.15) is 22.8 Å². The Bertz CT molecular complexity index is 586. The number of nitriles is 1. The van der Waals surface area contributed by atoms with Crippen molar-refractivity contribution in [3.8, 4) is 6.07 Å². The number of aliphatic carboxylic acids is 1. The first-order chi connectivity index (χ1) is 10.0. The van der Waals surface area contributed by atoms with Gasteiger partial charge in [0.15, 0.2) is 0 Å². The second-order valence-corrected chi connectivity index (χ2v) is 5.03. The quantitative estimate of drug-likeness (QED) is 0.888. The van der Waals surface area contributed by atoms with E-state index in [1.807, 2.05) is 11.0 Å². The third-order valence-corrected chi connectivity index (χ3v) is 3.75. The highest BCUT2D eigenvalue weighted by atomic mass is 16.4. The van der Waals surface area contributed by atoms with Crippen molar-refractivity contribution in [3.63, 3.8) is 0 Å². The van der Waals surface area contributed by atoms with Crippen LogP contribution in [0.15, 0.2) is 24.3 Å². The lowest BCUT2D eigenvalue weighted by molar-refractivity contribution is -0.143. The second-order valence-electron chi connectivity index (χ2n) is 5.03. The molecular weight excluding hydrogens is 270 g/mol. The number of piperazine rings is 1. The first-order valence-corrected chi connectivity index (χ1v) is 6.79. The molecule has 1 aliphatic heterocycles. The summed E-state index contributed by atoms with van der Waals surface area (Å²) in [6.07, 6.45) is 0. The molecular formula is C15H17N3O3. The Morgan fingerprint density at radius 2 is 1.95 bits per heavy atom. The minimum atomic E-state index is -0.850. The maximum Gasteiger partial charge on any atom is 0.320 e. The number of amides is 1. The number of hydrogen-bond donors (Lipinski definition) is 1. The molecule has 1 N–H and O–H groups in total. The van der Waals surface area contributed by atoms with Crippen LogP contribution in [0.4, 0.5) is 0 Å². The van der Waals surface area contributed by atoms with Gasteiger partial charge in [-0.25, -0.2) is 0 Å². The van der Waals surface area contributed by atoms with Crippen LogP contribution in [0.5, 0.6) is 0 Å². The largest absolute Gasteiger partial charge is 0.480 e. The van der Waals surface area contributed by atoms with Gasteiger partial charge in [0.1, 0.15) is 6.04 Å². The van der Waals surface area contributed by atoms with E-state index >= 15 is 0 Å². The fourth-order valence-corrected chi connectivity index (χ4v) is 2.37. The third-order valence-electron chi connectivity index (χ3n) is 3.75. The number of rotatable bonds is 3. The fourth-order valence-electron chi connectivity index (χ4n) is 2.37. The minimum Gasteiger partial charge on any atom is -0.480 e. The molecule has 0 aliphatic carbocycles. The second kappa shape index (κ2) is 6.37. The first-order valence-electron chi connectivity index (χ1n) is 6.79. The van der Waals surface area contributed by atoms with Crippen molar-refractivity contribution in [2.75, 3.05) is 26.2 Å². The number of carbonyl (C=O) groups is 2. The molecule has 1 aliphatic rings. The lowest BCUT2D eigenvalue weighted by atomic mass is 10.1. The molecule has 1 unspecified atom stereocenters. The van der Waals surface area contributed by atoms with E-state index in [-0.39, 0.29) is 5.91 Å². The molecule has 6 nitrogen and oxygen atoms in total. The Kier molecular flexibility index (Phi) is 4.55. The predicted octanol–water partition coefficient (Wildman–Crippen LogP) is 0.789. The topological polar surface area (TPSA) is 84.6 Å². The number of nitrogens with zero attached hydrogens (tertiary/aromatic N) is 3. The van der Waals surface area contributed by atoms with E-state index in [4.69, 9.17) is 10.4 Å². The van der Waals surface area contributed by atoms with Gasteiger partial charge in [0.25, 0.3) is 5.91 Å². The van der Waals surface area contributed by atoms with Crippen LogP contribution < -0.4 is 0 Å². The SMILES string of the molecule is CC(C(=O)O)N1CCN(C(=O)c2cccc(C#N)c2)CC1. The normalized spacial score (nSPS) is 17.0. The van der Waals surface area contributed by atoms with Gasteiger partial charge in [-0.3, -0.25) is 14.5 Å². The van der Waals surface area contributed by atoms with E-state index in [0.29, 0.717) is 37.3 Å². The van der Waals surface area contributed by atoms with E-state index in [0.717, 1.165) is 0 Å². The van der Waals surface area contributed by atoms with Gasteiger partial charge in [-0.05, 0) is 25.1 Å². The molecule has 2 rings (SSSR count). The van der Waals surface area contributed by atoms with Crippen LogP contribution >= 0.6 is 0 Å². The summed E-state index contributed by atoms with van der Waals surface area (Å²) in [4.78, 5) is 26.9. The highest BCUT2D eigenvalue weighted by Crippen LogP contribution is 2.12. The average molecular weight is 287 g/mol. The molecule has 1 heterocycles. The monoisotopic (exact) mass is 287 g/mol. The van der Waals surface area contributed by atoms with Gasteiger partial charge in [0.2, 0.25) is 0 Å². The molecule has 110 valence electrons. The number of hydrogen-bond acceptors (Lipinski definition) is 4. The molecule has 1 atom stereocenters. The molecule has 1 fully saturated rings. The number of carboxylic acids is 1. The van der Waals surface area contributed by atoms with Crippen molar-refractivity contribution < 1.29 is 14.7 Å². The van der Waals surface area contributed by atoms with Gasteiger partial charge in [0.05, 0.1) is 11.6 Å². The average Bonchev–Trinajstić information content (AvgIpc) is 2.53. The molecule has 1 saturated heterocycles. The maximum atomic E-state index is 12.4. The summed E-state index contributed by atoms with van der Waals surface area (Å²) in [5.74, 6) is -0.966. The summed E-state index contributed by atoms with van der Waals surface area (Å²) in [6, 6.07) is 8.09. The predicted molar refractivity (Wildman–Crippen MR) is 75.7 cm³/mol. The molecule has 6 heteroatoms. The molecule has 1 aromatic rings. The standard InChI is InChI=1S/C15H17N3O3/c1-11(15(20)21)17-5-7-18(8-6-17)14(19)13-4-2-3-12(9-13)10-16/h2-4,9,11H,5-8H2,1H3,(H,20,21). The molecule has 0 bridgehead atoms. The summed E-state index contributed by atoms with van der Waals surface area (Å²) in [6.45, 7) is 3.71. The van der Waals surface area contributed by atoms with Crippen LogP contribution in [-0.4, -0.2) is 59.0 Å². The zero-order valence-electron chi connectivity index (χ0n) is 11.8. The van der Waals surface area contributed by atoms with E-state index in [1.54, 1.807) is 36.1 Å². The van der Waals surface area contributed by atoms with Crippen molar-refractivity contribution in [2.45, 2.75) is 13.0 Å². The van der Waals surface area contributed by atoms with E-state index in [1.165, 1.54) is 0 Å². The Labute approximate surface area is 123 Å². The third kappa shape index (κ3) is 3.38. The van der Waals surface area contributed by atoms with Gasteiger partial charge in [0, 0.05) is 31.7 Å². The first kappa shape index (κ1) is 15.0. The van der Waals surface area contributed by atoms with E-state index < -0.39 is 12.0 Å². The zero-order valence-corrected chi connectivity index (χ0v) is 11.8. The van der Waals surface area contributed by atoms with Crippen molar-refractivity contribution >= 4 is 11.9 Å². The van der Waals surface area contributed by atoms with Crippen molar-refractivity contribution in [1.82, 2.24) is 9.80 Å². The number of benzene rings is 1. The van der Waals surface area contributed by atoms with Crippen LogP contribution in [0.2, 0.25) is 0 Å². The van der Waals surface area contributed by atoms with Gasteiger partial charge >= 0.3 is 5.97 Å². The summed E-state index contributed by atoms with van der Waals surface area (Å²) in [5, 5.41) is 17.9. The Hall–Kier alpha value is -2.39. The molecule has 1 amide bonds. The Balaban J connectivity index is 2.00. The zero-order chi connectivity index (χ0) is 15.4. The van der Waals surface area contributed by atoms with Crippen LogP contribution in [0.25, 0.3) is 0 Å². The van der Waals surface area contributed by atoms with Crippen LogP contribution in [0, 0.1) is 11.3 Å². The van der Waals surface area contributed by atoms with Crippen molar-refractivity contribution in [2.24, 2.45) is 0 Å². The molecule has 0 spiro atoms. The minimum absolute atomic E-state index is 0.116. The van der Waals surface area contributed by atoms with Crippen molar-refractivity contribution in [1.29, 1.82) is 5.26 Å². The highest BCUT2D eigenvalue weighted by molar-refractivity contribution is 5.94. The van der Waals surface area contributed by atoms with Crippen molar-refractivity contribution in [3.05, 3.63) is 35.4 Å². The van der Waals surface area contributed by atoms with Crippen LogP contribution in [-0.2, 0) is 4.79 Å². The lowest BCUT2D eigenvalue weighted by Crippen LogP contribution is -2.53. The summed E-state index contributed by atoms with van der Waals surface area (Å²) in [5.41, 5.74) is 0.952. The summed E-state index contributed by atoms with van der Waals surface area (Å²) >= 11 is 0. The lowest BCUT2D eigenvalue weighted by Gasteiger charge is -2.36. The fraction of sp³-hybridized carbons (Fsp3) is 0.400. The number of carbonyl (C=O) groups excluding carboxylic acids is 1. The molecule has 0 saturated carbocycles. The summed E-state index contributed by atoms with van der Waals surface area (Å²) < 4.78 is 0. The van der Waals surface area contributed by atoms with Gasteiger partial charge in [-0.2, -0.15) is 5.26 Å². The maximum absolute atomic E-state index is 12.4. The van der Waals surface area contributed by atoms with E-state index in [2.05, 4.69) is 0 Å². The molecule has 0 radical (unpaired) electrons. The molecule has 1 aromatic carbocycles. The Morgan fingerprint density at radius 3 is 2.52 bits per heavy atom. The Morgan fingerprint density at radius 1 is 1.29 bits per heavy atom. The van der Waals surface area contributed by atoms with E-state index in [9.17, 15) is 9.59 Å². The van der Waals surface area contributed by atoms with Gasteiger partial charge < -0.3 is 10.0 Å². The van der Waals surface area contributed by atoms with Crippen LogP contribution in [0.3, 0.4) is 0 Å². The summed E-state index contributed by atoms with van der Waals surface area (Å²) in [7, 11) is 0. The highest BCUT2D eigenvalue weighted by Gasteiger charge is 2.27. The molecule has 0 aromatic heterocycles. The van der Waals surface area contributed by atoms with Gasteiger partial charge in [-0.1, -0.05) is 6.07 Å².